The van der Waals surface area contributed by atoms with Crippen molar-refractivity contribution in [2.45, 2.75) is 19.8 Å². The molecule has 0 atom stereocenters. The highest BCUT2D eigenvalue weighted by molar-refractivity contribution is 5.30. The van der Waals surface area contributed by atoms with Gasteiger partial charge in [-0.3, -0.25) is 4.98 Å². The van der Waals surface area contributed by atoms with Crippen molar-refractivity contribution in [3.05, 3.63) is 59.2 Å². The molecule has 1 aromatic carbocycles. The minimum atomic E-state index is -0.397. The summed E-state index contributed by atoms with van der Waals surface area (Å²) in [5.74, 6) is -0.452. The fourth-order valence-corrected chi connectivity index (χ4v) is 1.64. The SMILES string of the molecule is CCc1ccc(Cc2ccc(O)cc2F)nc1. The number of benzene rings is 1. The maximum absolute atomic E-state index is 13.5. The molecule has 0 aliphatic heterocycles. The van der Waals surface area contributed by atoms with E-state index in [4.69, 9.17) is 5.11 Å². The number of aromatic hydroxyl groups is 1. The van der Waals surface area contributed by atoms with E-state index in [1.54, 1.807) is 6.07 Å². The van der Waals surface area contributed by atoms with Gasteiger partial charge < -0.3 is 5.11 Å². The van der Waals surface area contributed by atoms with E-state index in [0.29, 0.717) is 12.0 Å². The first kappa shape index (κ1) is 11.6. The number of aromatic nitrogens is 1. The number of phenols is 1. The fraction of sp³-hybridized carbons (Fsp3) is 0.214. The maximum Gasteiger partial charge on any atom is 0.130 e. The van der Waals surface area contributed by atoms with Gasteiger partial charge in [-0.2, -0.15) is 0 Å². The van der Waals surface area contributed by atoms with Crippen LogP contribution in [0, 0.1) is 5.82 Å². The summed E-state index contributed by atoms with van der Waals surface area (Å²) in [4.78, 5) is 4.28. The smallest absolute Gasteiger partial charge is 0.130 e. The molecule has 88 valence electrons. The molecule has 2 rings (SSSR count). The molecule has 2 aromatic rings. The van der Waals surface area contributed by atoms with Gasteiger partial charge >= 0.3 is 0 Å². The zero-order chi connectivity index (χ0) is 12.3. The maximum atomic E-state index is 13.5. The Kier molecular flexibility index (Phi) is 3.38. The Morgan fingerprint density at radius 2 is 2.06 bits per heavy atom. The van der Waals surface area contributed by atoms with Gasteiger partial charge in [-0.05, 0) is 29.7 Å². The lowest BCUT2D eigenvalue weighted by Crippen LogP contribution is -1.96. The summed E-state index contributed by atoms with van der Waals surface area (Å²) in [5.41, 5.74) is 2.53. The van der Waals surface area contributed by atoms with Crippen LogP contribution in [0.2, 0.25) is 0 Å². The molecule has 0 saturated heterocycles. The van der Waals surface area contributed by atoms with Gasteiger partial charge in [0.1, 0.15) is 11.6 Å². The van der Waals surface area contributed by atoms with E-state index in [0.717, 1.165) is 18.2 Å². The van der Waals surface area contributed by atoms with Crippen molar-refractivity contribution in [1.82, 2.24) is 4.98 Å². The van der Waals surface area contributed by atoms with E-state index in [9.17, 15) is 4.39 Å². The molecule has 0 aliphatic carbocycles. The van der Waals surface area contributed by atoms with Crippen molar-refractivity contribution < 1.29 is 9.50 Å². The number of nitrogens with zero attached hydrogens (tertiary/aromatic N) is 1. The van der Waals surface area contributed by atoms with Gasteiger partial charge in [-0.15, -0.1) is 0 Å². The van der Waals surface area contributed by atoms with E-state index in [1.165, 1.54) is 11.6 Å². The van der Waals surface area contributed by atoms with Crippen molar-refractivity contribution in [3.63, 3.8) is 0 Å². The molecule has 3 heteroatoms. The second kappa shape index (κ2) is 4.95. The van der Waals surface area contributed by atoms with Crippen LogP contribution in [0.3, 0.4) is 0 Å². The summed E-state index contributed by atoms with van der Waals surface area (Å²) in [6.07, 6.45) is 3.20. The second-order valence-corrected chi connectivity index (χ2v) is 3.96. The predicted molar refractivity (Wildman–Crippen MR) is 64.5 cm³/mol. The summed E-state index contributed by atoms with van der Waals surface area (Å²) in [7, 11) is 0. The van der Waals surface area contributed by atoms with Crippen molar-refractivity contribution in [2.75, 3.05) is 0 Å². The third kappa shape index (κ3) is 2.81. The lowest BCUT2D eigenvalue weighted by molar-refractivity contribution is 0.468. The Bertz CT molecular complexity index is 508. The molecule has 0 saturated carbocycles. The number of phenolic OH excluding ortho intramolecular Hbond substituents is 1. The first-order valence-electron chi connectivity index (χ1n) is 5.60. The monoisotopic (exact) mass is 231 g/mol. The van der Waals surface area contributed by atoms with E-state index in [2.05, 4.69) is 11.9 Å². The van der Waals surface area contributed by atoms with Crippen LogP contribution in [-0.2, 0) is 12.8 Å². The van der Waals surface area contributed by atoms with Crippen LogP contribution in [0.5, 0.6) is 5.75 Å². The minimum Gasteiger partial charge on any atom is -0.508 e. The molecular formula is C14H14FNO. The Morgan fingerprint density at radius 1 is 1.24 bits per heavy atom. The zero-order valence-electron chi connectivity index (χ0n) is 9.65. The van der Waals surface area contributed by atoms with Crippen LogP contribution >= 0.6 is 0 Å². The van der Waals surface area contributed by atoms with Gasteiger partial charge in [-0.1, -0.05) is 19.1 Å². The third-order valence-corrected chi connectivity index (χ3v) is 2.70. The Morgan fingerprint density at radius 3 is 2.65 bits per heavy atom. The number of pyridine rings is 1. The minimum absolute atomic E-state index is 0.0551. The van der Waals surface area contributed by atoms with E-state index >= 15 is 0 Å². The Hall–Kier alpha value is -1.90. The number of hydrogen-bond donors (Lipinski definition) is 1. The topological polar surface area (TPSA) is 33.1 Å². The lowest BCUT2D eigenvalue weighted by atomic mass is 10.1. The molecule has 0 spiro atoms. The highest BCUT2D eigenvalue weighted by Crippen LogP contribution is 2.17. The molecule has 1 aromatic heterocycles. The van der Waals surface area contributed by atoms with Crippen LogP contribution in [-0.4, -0.2) is 10.1 Å². The molecule has 0 unspecified atom stereocenters. The first-order chi connectivity index (χ1) is 8.19. The Balaban J connectivity index is 2.19. The van der Waals surface area contributed by atoms with Crippen LogP contribution in [0.15, 0.2) is 36.5 Å². The molecule has 0 fully saturated rings. The van der Waals surface area contributed by atoms with Crippen molar-refractivity contribution in [2.24, 2.45) is 0 Å². The van der Waals surface area contributed by atoms with Crippen molar-refractivity contribution >= 4 is 0 Å². The molecule has 0 bridgehead atoms. The lowest BCUT2D eigenvalue weighted by Gasteiger charge is -2.04. The standard InChI is InChI=1S/C14H14FNO/c1-2-10-3-5-12(16-9-10)7-11-4-6-13(17)8-14(11)15/h3-6,8-9,17H,2,7H2,1H3. The van der Waals surface area contributed by atoms with E-state index in [-0.39, 0.29) is 5.75 Å². The second-order valence-electron chi connectivity index (χ2n) is 3.96. The number of halogens is 1. The van der Waals surface area contributed by atoms with Crippen LogP contribution in [0.1, 0.15) is 23.7 Å². The van der Waals surface area contributed by atoms with Gasteiger partial charge in [0.25, 0.3) is 0 Å². The molecular weight excluding hydrogens is 217 g/mol. The normalized spacial score (nSPS) is 10.5. The number of rotatable bonds is 3. The molecule has 1 heterocycles. The van der Waals surface area contributed by atoms with Gasteiger partial charge in [0.15, 0.2) is 0 Å². The summed E-state index contributed by atoms with van der Waals surface area (Å²) in [6, 6.07) is 8.10. The first-order valence-corrected chi connectivity index (χ1v) is 5.60. The largest absolute Gasteiger partial charge is 0.508 e. The summed E-state index contributed by atoms with van der Waals surface area (Å²) < 4.78 is 13.5. The van der Waals surface area contributed by atoms with Gasteiger partial charge in [0.2, 0.25) is 0 Å². The fourth-order valence-electron chi connectivity index (χ4n) is 1.64. The summed E-state index contributed by atoms with van der Waals surface area (Å²) >= 11 is 0. The van der Waals surface area contributed by atoms with Crippen LogP contribution < -0.4 is 0 Å². The molecule has 0 amide bonds. The molecule has 0 aliphatic rings. The number of aryl methyl sites for hydroxylation is 1. The molecule has 17 heavy (non-hydrogen) atoms. The average Bonchev–Trinajstić information content (AvgIpc) is 2.34. The molecule has 1 N–H and O–H groups in total. The quantitative estimate of drug-likeness (QED) is 0.880. The van der Waals surface area contributed by atoms with Gasteiger partial charge in [-0.25, -0.2) is 4.39 Å². The van der Waals surface area contributed by atoms with E-state index < -0.39 is 5.82 Å². The highest BCUT2D eigenvalue weighted by atomic mass is 19.1. The van der Waals surface area contributed by atoms with Crippen LogP contribution in [0.25, 0.3) is 0 Å². The van der Waals surface area contributed by atoms with Gasteiger partial charge in [0, 0.05) is 24.4 Å². The van der Waals surface area contributed by atoms with E-state index in [1.807, 2.05) is 18.3 Å². The summed E-state index contributed by atoms with van der Waals surface area (Å²) in [6.45, 7) is 2.07. The van der Waals surface area contributed by atoms with Gasteiger partial charge in [0.05, 0.1) is 0 Å². The predicted octanol–water partition coefficient (Wildman–Crippen LogP) is 3.08. The highest BCUT2D eigenvalue weighted by Gasteiger charge is 2.05. The summed E-state index contributed by atoms with van der Waals surface area (Å²) in [5, 5.41) is 9.12. The molecule has 0 radical (unpaired) electrons. The van der Waals surface area contributed by atoms with Crippen molar-refractivity contribution in [3.8, 4) is 5.75 Å². The molecule has 2 nitrogen and oxygen atoms in total. The van der Waals surface area contributed by atoms with Crippen LogP contribution in [0.4, 0.5) is 4.39 Å². The average molecular weight is 231 g/mol. The number of hydrogen-bond acceptors (Lipinski definition) is 2. The van der Waals surface area contributed by atoms with Crippen molar-refractivity contribution in [1.29, 1.82) is 0 Å². The Labute approximate surface area is 99.8 Å². The zero-order valence-corrected chi connectivity index (χ0v) is 9.65. The third-order valence-electron chi connectivity index (χ3n) is 2.70.